The minimum atomic E-state index is -0.00953. The highest BCUT2D eigenvalue weighted by Crippen LogP contribution is 2.28. The number of methoxy groups -OCH3 is 2. The second-order valence-electron chi connectivity index (χ2n) is 7.23. The first kappa shape index (κ1) is 20.7. The summed E-state index contributed by atoms with van der Waals surface area (Å²) in [7, 11) is 3.21. The Kier molecular flexibility index (Phi) is 6.37. The number of likely N-dealkylation sites (tertiary alicyclic amines) is 1. The maximum absolute atomic E-state index is 12.2. The monoisotopic (exact) mass is 424 g/mol. The molecule has 1 aliphatic heterocycles. The van der Waals surface area contributed by atoms with Gasteiger partial charge in [0.2, 0.25) is 17.6 Å². The van der Waals surface area contributed by atoms with E-state index in [1.165, 1.54) is 0 Å². The molecule has 1 fully saturated rings. The summed E-state index contributed by atoms with van der Waals surface area (Å²) in [6.07, 6.45) is 5.48. The Labute approximate surface area is 179 Å². The molecular weight excluding hydrogens is 400 g/mol. The van der Waals surface area contributed by atoms with Crippen LogP contribution in [0, 0.1) is 0 Å². The quantitative estimate of drug-likeness (QED) is 0.543. The second kappa shape index (κ2) is 9.52. The Bertz CT molecular complexity index is 1020. The first-order chi connectivity index (χ1) is 15.2. The van der Waals surface area contributed by atoms with Gasteiger partial charge in [-0.15, -0.1) is 0 Å². The lowest BCUT2D eigenvalue weighted by molar-refractivity contribution is -0.123. The van der Waals surface area contributed by atoms with Crippen LogP contribution in [0.15, 0.2) is 41.3 Å². The number of hydrogen-bond donors (Lipinski definition) is 1. The molecule has 0 saturated carbocycles. The van der Waals surface area contributed by atoms with Crippen molar-refractivity contribution in [1.82, 2.24) is 30.3 Å². The van der Waals surface area contributed by atoms with Gasteiger partial charge in [0, 0.05) is 32.0 Å². The van der Waals surface area contributed by atoms with Crippen LogP contribution >= 0.6 is 0 Å². The average Bonchev–Trinajstić information content (AvgIpc) is 3.26. The van der Waals surface area contributed by atoms with E-state index < -0.39 is 0 Å². The van der Waals surface area contributed by atoms with E-state index in [0.717, 1.165) is 5.56 Å². The molecule has 0 bridgehead atoms. The predicted molar refractivity (Wildman–Crippen MR) is 111 cm³/mol. The van der Waals surface area contributed by atoms with Crippen molar-refractivity contribution in [2.75, 3.05) is 40.4 Å². The Morgan fingerprint density at radius 2 is 2.06 bits per heavy atom. The molecule has 0 spiro atoms. The molecule has 0 unspecified atom stereocenters. The summed E-state index contributed by atoms with van der Waals surface area (Å²) in [6.45, 7) is 2.29. The molecule has 1 aromatic carbocycles. The molecule has 0 atom stereocenters. The summed E-state index contributed by atoms with van der Waals surface area (Å²) < 4.78 is 15.9. The maximum Gasteiger partial charge on any atom is 0.234 e. The number of aromatic nitrogens is 4. The molecule has 10 heteroatoms. The van der Waals surface area contributed by atoms with Gasteiger partial charge < -0.3 is 19.3 Å². The van der Waals surface area contributed by atoms with E-state index in [1.54, 1.807) is 32.8 Å². The zero-order chi connectivity index (χ0) is 21.6. The van der Waals surface area contributed by atoms with E-state index in [0.29, 0.717) is 61.5 Å². The normalized spacial score (nSPS) is 14.1. The van der Waals surface area contributed by atoms with Gasteiger partial charge in [-0.3, -0.25) is 14.7 Å². The lowest BCUT2D eigenvalue weighted by atomic mass is 10.0. The Morgan fingerprint density at radius 3 is 2.81 bits per heavy atom. The molecule has 0 aliphatic carbocycles. The zero-order valence-electron chi connectivity index (χ0n) is 17.4. The molecule has 1 amide bonds. The third-order valence-corrected chi connectivity index (χ3v) is 5.09. The summed E-state index contributed by atoms with van der Waals surface area (Å²) in [5, 5.41) is 6.92. The number of amides is 1. The van der Waals surface area contributed by atoms with Gasteiger partial charge in [-0.1, -0.05) is 11.2 Å². The molecule has 1 saturated heterocycles. The molecule has 3 aromatic rings. The summed E-state index contributed by atoms with van der Waals surface area (Å²) in [5.74, 6) is 2.47. The largest absolute Gasteiger partial charge is 0.493 e. The van der Waals surface area contributed by atoms with Crippen LogP contribution in [0.2, 0.25) is 0 Å². The number of benzene rings is 1. The standard InChI is InChI=1S/C21H24N6O4/c1-29-17-4-3-14(9-18(17)30-2)5-6-24-19(28)13-27-11-15(12-27)21-25-20(26-31-21)16-10-22-7-8-23-16/h3-4,7-10,15H,5-6,11-13H2,1-2H3,(H,24,28). The van der Waals surface area contributed by atoms with Crippen LogP contribution in [0.1, 0.15) is 17.4 Å². The first-order valence-corrected chi connectivity index (χ1v) is 9.96. The molecular formula is C21H24N6O4. The fourth-order valence-corrected chi connectivity index (χ4v) is 3.42. The Hall–Kier alpha value is -3.53. The number of nitrogens with one attached hydrogen (secondary N) is 1. The predicted octanol–water partition coefficient (Wildman–Crippen LogP) is 1.30. The SMILES string of the molecule is COc1ccc(CCNC(=O)CN2CC(c3nc(-c4cnccn4)no3)C2)cc1OC. The van der Waals surface area contributed by atoms with E-state index in [1.807, 2.05) is 23.1 Å². The molecule has 0 radical (unpaired) electrons. The van der Waals surface area contributed by atoms with Crippen molar-refractivity contribution in [2.45, 2.75) is 12.3 Å². The van der Waals surface area contributed by atoms with Crippen molar-refractivity contribution in [2.24, 2.45) is 0 Å². The third-order valence-electron chi connectivity index (χ3n) is 5.09. The van der Waals surface area contributed by atoms with Crippen molar-refractivity contribution in [1.29, 1.82) is 0 Å². The fraction of sp³-hybridized carbons (Fsp3) is 0.381. The summed E-state index contributed by atoms with van der Waals surface area (Å²) >= 11 is 0. The molecule has 3 heterocycles. The van der Waals surface area contributed by atoms with E-state index in [2.05, 4.69) is 25.4 Å². The highest BCUT2D eigenvalue weighted by atomic mass is 16.5. The van der Waals surface area contributed by atoms with E-state index in [4.69, 9.17) is 14.0 Å². The van der Waals surface area contributed by atoms with Crippen LogP contribution in [0.4, 0.5) is 0 Å². The van der Waals surface area contributed by atoms with Crippen LogP contribution in [0.25, 0.3) is 11.5 Å². The fourth-order valence-electron chi connectivity index (χ4n) is 3.42. The number of hydrogen-bond acceptors (Lipinski definition) is 9. The van der Waals surface area contributed by atoms with Crippen molar-refractivity contribution in [3.63, 3.8) is 0 Å². The van der Waals surface area contributed by atoms with Crippen LogP contribution in [-0.4, -0.2) is 71.3 Å². The Morgan fingerprint density at radius 1 is 1.23 bits per heavy atom. The third kappa shape index (κ3) is 4.97. The lowest BCUT2D eigenvalue weighted by Crippen LogP contribution is -2.49. The van der Waals surface area contributed by atoms with Gasteiger partial charge in [0.25, 0.3) is 0 Å². The van der Waals surface area contributed by atoms with Gasteiger partial charge in [0.15, 0.2) is 11.5 Å². The number of nitrogens with zero attached hydrogens (tertiary/aromatic N) is 5. The topological polar surface area (TPSA) is 116 Å². The lowest BCUT2D eigenvalue weighted by Gasteiger charge is -2.36. The van der Waals surface area contributed by atoms with Crippen LogP contribution in [0.5, 0.6) is 11.5 Å². The van der Waals surface area contributed by atoms with Crippen LogP contribution in [0.3, 0.4) is 0 Å². The minimum Gasteiger partial charge on any atom is -0.493 e. The van der Waals surface area contributed by atoms with Gasteiger partial charge in [-0.25, -0.2) is 4.98 Å². The van der Waals surface area contributed by atoms with Gasteiger partial charge in [-0.2, -0.15) is 4.98 Å². The highest BCUT2D eigenvalue weighted by Gasteiger charge is 2.33. The van der Waals surface area contributed by atoms with E-state index >= 15 is 0 Å². The molecule has 2 aromatic heterocycles. The van der Waals surface area contributed by atoms with Gasteiger partial charge in [0.1, 0.15) is 5.69 Å². The van der Waals surface area contributed by atoms with E-state index in [9.17, 15) is 4.79 Å². The average molecular weight is 424 g/mol. The van der Waals surface area contributed by atoms with Gasteiger partial charge >= 0.3 is 0 Å². The van der Waals surface area contributed by atoms with Crippen molar-refractivity contribution in [3.05, 3.63) is 48.2 Å². The van der Waals surface area contributed by atoms with Crippen LogP contribution in [-0.2, 0) is 11.2 Å². The summed E-state index contributed by atoms with van der Waals surface area (Å²) in [6, 6.07) is 5.75. The summed E-state index contributed by atoms with van der Waals surface area (Å²) in [4.78, 5) is 26.8. The van der Waals surface area contributed by atoms with Crippen molar-refractivity contribution < 1.29 is 18.8 Å². The molecule has 4 rings (SSSR count). The zero-order valence-corrected chi connectivity index (χ0v) is 17.4. The molecule has 162 valence electrons. The molecule has 1 aliphatic rings. The second-order valence-corrected chi connectivity index (χ2v) is 7.23. The number of carbonyl (C=O) groups is 1. The maximum atomic E-state index is 12.2. The molecule has 10 nitrogen and oxygen atoms in total. The van der Waals surface area contributed by atoms with Gasteiger partial charge in [-0.05, 0) is 24.1 Å². The smallest absolute Gasteiger partial charge is 0.234 e. The first-order valence-electron chi connectivity index (χ1n) is 9.96. The molecule has 1 N–H and O–H groups in total. The number of carbonyl (C=O) groups excluding carboxylic acids is 1. The van der Waals surface area contributed by atoms with Gasteiger partial charge in [0.05, 0.1) is 32.9 Å². The Balaban J connectivity index is 1.19. The van der Waals surface area contributed by atoms with E-state index in [-0.39, 0.29) is 11.8 Å². The van der Waals surface area contributed by atoms with Crippen LogP contribution < -0.4 is 14.8 Å². The highest BCUT2D eigenvalue weighted by molar-refractivity contribution is 5.78. The number of rotatable bonds is 9. The van der Waals surface area contributed by atoms with Crippen molar-refractivity contribution in [3.8, 4) is 23.0 Å². The minimum absolute atomic E-state index is 0.00953. The molecule has 31 heavy (non-hydrogen) atoms. The number of ether oxygens (including phenoxy) is 2. The van der Waals surface area contributed by atoms with Crippen molar-refractivity contribution >= 4 is 5.91 Å². The summed E-state index contributed by atoms with van der Waals surface area (Å²) in [5.41, 5.74) is 1.64.